The van der Waals surface area contributed by atoms with E-state index in [1.54, 1.807) is 13.0 Å². The predicted molar refractivity (Wildman–Crippen MR) is 169 cm³/mol. The Balaban J connectivity index is 0.000000609. The lowest BCUT2D eigenvalue weighted by Crippen LogP contribution is -2.40. The van der Waals surface area contributed by atoms with Crippen molar-refractivity contribution in [2.24, 2.45) is 5.73 Å². The van der Waals surface area contributed by atoms with E-state index in [0.717, 1.165) is 42.9 Å². The van der Waals surface area contributed by atoms with Crippen LogP contribution in [0.4, 0.5) is 8.78 Å². The lowest BCUT2D eigenvalue weighted by atomic mass is 10.0. The maximum absolute atomic E-state index is 13.1. The zero-order valence-corrected chi connectivity index (χ0v) is 26.2. The number of aryl methyl sites for hydroxylation is 3. The van der Waals surface area contributed by atoms with Crippen LogP contribution in [0.3, 0.4) is 0 Å². The van der Waals surface area contributed by atoms with Crippen LogP contribution >= 0.6 is 0 Å². The number of carbonyl (C=O) groups is 2. The molecule has 3 aromatic carbocycles. The van der Waals surface area contributed by atoms with Crippen molar-refractivity contribution in [1.82, 2.24) is 10.2 Å². The molecule has 234 valence electrons. The molecule has 0 aliphatic rings. The van der Waals surface area contributed by atoms with Crippen molar-refractivity contribution in [3.63, 3.8) is 0 Å². The third-order valence-corrected chi connectivity index (χ3v) is 6.72. The summed E-state index contributed by atoms with van der Waals surface area (Å²) in [7, 11) is 0. The van der Waals surface area contributed by atoms with E-state index >= 15 is 0 Å². The molecular weight excluding hydrogens is 548 g/mol. The highest BCUT2D eigenvalue weighted by atomic mass is 19.1. The Morgan fingerprint density at radius 3 is 2.02 bits per heavy atom. The molecule has 3 aromatic rings. The number of amides is 2. The minimum Gasteiger partial charge on any atom is -0.375 e. The van der Waals surface area contributed by atoms with Gasteiger partial charge in [0.1, 0.15) is 11.6 Å². The Labute approximate surface area is 255 Å². The molecule has 0 radical (unpaired) electrons. The molecule has 0 aromatic heterocycles. The molecular formula is C35H47F2N3O3. The number of halogens is 2. The standard InChI is InChI=1S/C28H41N3O3.C7H6F2/c1-5-12-31(13-6-2)28(33)25-16-22(8-4)15-24(17-25)27(32)30-18-26(29)20-34-19-23-11-9-10-21(7-3)14-23;1-5-2-6(8)4-7(9)3-5/h9-11,14-17,26H,5-8,12-13,18-20,29H2,1-4H3,(H,30,32);2-4H,1H3. The lowest BCUT2D eigenvalue weighted by molar-refractivity contribution is 0.0755. The van der Waals surface area contributed by atoms with Crippen LogP contribution in [0.5, 0.6) is 0 Å². The van der Waals surface area contributed by atoms with Crippen LogP contribution in [0, 0.1) is 18.6 Å². The number of nitrogens with zero attached hydrogens (tertiary/aromatic N) is 1. The zero-order valence-electron chi connectivity index (χ0n) is 26.2. The molecule has 6 nitrogen and oxygen atoms in total. The summed E-state index contributed by atoms with van der Waals surface area (Å²) >= 11 is 0. The first-order valence-corrected chi connectivity index (χ1v) is 15.1. The van der Waals surface area contributed by atoms with Gasteiger partial charge in [0, 0.05) is 42.9 Å². The van der Waals surface area contributed by atoms with Gasteiger partial charge in [-0.1, -0.05) is 52.0 Å². The summed E-state index contributed by atoms with van der Waals surface area (Å²) in [6, 6.07) is 16.8. The number of nitrogens with two attached hydrogens (primary N) is 1. The van der Waals surface area contributed by atoms with Gasteiger partial charge >= 0.3 is 0 Å². The van der Waals surface area contributed by atoms with E-state index in [2.05, 4.69) is 38.2 Å². The number of hydrogen-bond donors (Lipinski definition) is 2. The van der Waals surface area contributed by atoms with E-state index < -0.39 is 11.6 Å². The highest BCUT2D eigenvalue weighted by Gasteiger charge is 2.18. The molecule has 3 rings (SSSR count). The normalized spacial score (nSPS) is 11.3. The van der Waals surface area contributed by atoms with Gasteiger partial charge in [0.05, 0.1) is 13.2 Å². The first-order chi connectivity index (χ1) is 20.6. The summed E-state index contributed by atoms with van der Waals surface area (Å²) in [5.41, 5.74) is 11.2. The Morgan fingerprint density at radius 2 is 1.44 bits per heavy atom. The first kappa shape index (κ1) is 35.6. The van der Waals surface area contributed by atoms with Crippen LogP contribution < -0.4 is 11.1 Å². The average molecular weight is 596 g/mol. The summed E-state index contributed by atoms with van der Waals surface area (Å²) in [6.07, 6.45) is 3.53. The van der Waals surface area contributed by atoms with E-state index in [1.165, 1.54) is 17.7 Å². The fourth-order valence-corrected chi connectivity index (χ4v) is 4.53. The van der Waals surface area contributed by atoms with E-state index in [9.17, 15) is 18.4 Å². The highest BCUT2D eigenvalue weighted by Crippen LogP contribution is 2.15. The van der Waals surface area contributed by atoms with Crippen LogP contribution in [0.15, 0.2) is 60.7 Å². The summed E-state index contributed by atoms with van der Waals surface area (Å²) in [6.45, 7) is 12.5. The number of ether oxygens (including phenoxy) is 1. The molecule has 0 aliphatic carbocycles. The van der Waals surface area contributed by atoms with E-state index in [0.29, 0.717) is 49.5 Å². The second-order valence-electron chi connectivity index (χ2n) is 10.7. The van der Waals surface area contributed by atoms with Crippen molar-refractivity contribution < 1.29 is 23.1 Å². The van der Waals surface area contributed by atoms with Crippen molar-refractivity contribution in [2.75, 3.05) is 26.2 Å². The van der Waals surface area contributed by atoms with Gasteiger partial charge in [-0.3, -0.25) is 9.59 Å². The largest absolute Gasteiger partial charge is 0.375 e. The van der Waals surface area contributed by atoms with Crippen molar-refractivity contribution in [2.45, 2.75) is 73.0 Å². The minimum absolute atomic E-state index is 0.0229. The Kier molecular flexibility index (Phi) is 15.6. The van der Waals surface area contributed by atoms with Crippen molar-refractivity contribution in [3.05, 3.63) is 106 Å². The van der Waals surface area contributed by atoms with Gasteiger partial charge in [-0.2, -0.15) is 0 Å². The zero-order chi connectivity index (χ0) is 31.8. The second-order valence-corrected chi connectivity index (χ2v) is 10.7. The van der Waals surface area contributed by atoms with Crippen LogP contribution in [-0.2, 0) is 24.2 Å². The summed E-state index contributed by atoms with van der Waals surface area (Å²) in [5.74, 6) is -1.29. The van der Waals surface area contributed by atoms with Gasteiger partial charge in [-0.15, -0.1) is 0 Å². The predicted octanol–water partition coefficient (Wildman–Crippen LogP) is 6.62. The quantitative estimate of drug-likeness (QED) is 0.219. The topological polar surface area (TPSA) is 84.7 Å². The molecule has 43 heavy (non-hydrogen) atoms. The van der Waals surface area contributed by atoms with E-state index in [4.69, 9.17) is 10.5 Å². The van der Waals surface area contributed by atoms with Gasteiger partial charge in [0.25, 0.3) is 11.8 Å². The van der Waals surface area contributed by atoms with Crippen LogP contribution in [0.2, 0.25) is 0 Å². The Hall–Kier alpha value is -3.62. The summed E-state index contributed by atoms with van der Waals surface area (Å²) in [4.78, 5) is 27.8. The van der Waals surface area contributed by atoms with Gasteiger partial charge < -0.3 is 20.7 Å². The minimum atomic E-state index is -0.521. The number of benzene rings is 3. The Bertz CT molecular complexity index is 1260. The third-order valence-electron chi connectivity index (χ3n) is 6.72. The molecule has 1 atom stereocenters. The van der Waals surface area contributed by atoms with Gasteiger partial charge in [0.2, 0.25) is 0 Å². The maximum atomic E-state index is 13.1. The molecule has 0 fully saturated rings. The van der Waals surface area contributed by atoms with Crippen LogP contribution in [0.25, 0.3) is 0 Å². The fraction of sp³-hybridized carbons (Fsp3) is 0.429. The SMILES string of the molecule is CCCN(CCC)C(=O)c1cc(CC)cc(C(=O)NCC(N)COCc2cccc(CC)c2)c1.Cc1cc(F)cc(F)c1. The van der Waals surface area contributed by atoms with Crippen LogP contribution in [0.1, 0.15) is 83.5 Å². The van der Waals surface area contributed by atoms with Crippen molar-refractivity contribution >= 4 is 11.8 Å². The molecule has 0 aliphatic heterocycles. The number of rotatable bonds is 14. The molecule has 3 N–H and O–H groups in total. The summed E-state index contributed by atoms with van der Waals surface area (Å²) in [5, 5.41) is 2.89. The molecule has 0 saturated heterocycles. The summed E-state index contributed by atoms with van der Waals surface area (Å²) < 4.78 is 30.1. The maximum Gasteiger partial charge on any atom is 0.253 e. The molecule has 8 heteroatoms. The molecule has 2 amide bonds. The monoisotopic (exact) mass is 595 g/mol. The highest BCUT2D eigenvalue weighted by molar-refractivity contribution is 6.00. The fourth-order valence-electron chi connectivity index (χ4n) is 4.53. The van der Waals surface area contributed by atoms with Crippen molar-refractivity contribution in [1.29, 1.82) is 0 Å². The molecule has 0 heterocycles. The average Bonchev–Trinajstić information content (AvgIpc) is 2.98. The van der Waals surface area contributed by atoms with E-state index in [1.807, 2.05) is 36.1 Å². The molecule has 0 spiro atoms. The lowest BCUT2D eigenvalue weighted by Gasteiger charge is -2.22. The molecule has 0 saturated carbocycles. The molecule has 1 unspecified atom stereocenters. The smallest absolute Gasteiger partial charge is 0.253 e. The third kappa shape index (κ3) is 12.6. The van der Waals surface area contributed by atoms with Crippen LogP contribution in [-0.4, -0.2) is 49.0 Å². The second kappa shape index (κ2) is 18.8. The first-order valence-electron chi connectivity index (χ1n) is 15.1. The van der Waals surface area contributed by atoms with Crippen molar-refractivity contribution in [3.8, 4) is 0 Å². The van der Waals surface area contributed by atoms with E-state index in [-0.39, 0.29) is 17.9 Å². The van der Waals surface area contributed by atoms with Gasteiger partial charge in [-0.05, 0) is 85.2 Å². The number of carbonyl (C=O) groups excluding carboxylic acids is 2. The van der Waals surface area contributed by atoms with Gasteiger partial charge in [-0.25, -0.2) is 8.78 Å². The number of hydrogen-bond acceptors (Lipinski definition) is 4. The van der Waals surface area contributed by atoms with Gasteiger partial charge in [0.15, 0.2) is 0 Å². The molecule has 0 bridgehead atoms. The number of nitrogens with one attached hydrogen (secondary N) is 1. The Morgan fingerprint density at radius 1 is 0.837 bits per heavy atom.